The summed E-state index contributed by atoms with van der Waals surface area (Å²) in [5, 5.41) is 2.29. The third-order valence-corrected chi connectivity index (χ3v) is 9.43. The molecule has 0 atom stereocenters. The van der Waals surface area contributed by atoms with Gasteiger partial charge in [0.1, 0.15) is 0 Å². The predicted octanol–water partition coefficient (Wildman–Crippen LogP) is 7.29. The van der Waals surface area contributed by atoms with Crippen LogP contribution in [-0.2, 0) is 9.94 Å². The van der Waals surface area contributed by atoms with E-state index < -0.39 is 8.32 Å². The molecule has 0 aliphatic rings. The molecule has 0 aliphatic heterocycles. The molecule has 0 heterocycles. The van der Waals surface area contributed by atoms with E-state index in [1.54, 1.807) is 0 Å². The zero-order valence-corrected chi connectivity index (χ0v) is 20.1. The molecule has 0 bridgehead atoms. The van der Waals surface area contributed by atoms with Gasteiger partial charge in [0.15, 0.2) is 0 Å². The fourth-order valence-corrected chi connectivity index (χ4v) is 3.66. The lowest BCUT2D eigenvalue weighted by molar-refractivity contribution is 0.185. The largest absolute Gasteiger partial charge is 0.319 e. The molecule has 0 spiro atoms. The van der Waals surface area contributed by atoms with Crippen LogP contribution in [0.3, 0.4) is 0 Å². The van der Waals surface area contributed by atoms with E-state index in [4.69, 9.17) is 4.53 Å². The van der Waals surface area contributed by atoms with Gasteiger partial charge in [-0.2, -0.15) is 0 Å². The number of hydroxylamine groups is 1. The highest BCUT2D eigenvalue weighted by atomic mass is 79.9. The zero-order chi connectivity index (χ0) is 19.1. The normalized spacial score (nSPS) is 14.0. The van der Waals surface area contributed by atoms with Crippen molar-refractivity contribution in [2.24, 2.45) is 0 Å². The summed E-state index contributed by atoms with van der Waals surface area (Å²) in [5.41, 5.74) is 2.40. The molecule has 4 heteroatoms. The number of rotatable bonds is 3. The summed E-state index contributed by atoms with van der Waals surface area (Å²) in [5.74, 6) is 0. The van der Waals surface area contributed by atoms with Crippen LogP contribution in [0.5, 0.6) is 0 Å². The fourth-order valence-electron chi connectivity index (χ4n) is 2.07. The quantitative estimate of drug-likeness (QED) is 0.380. The number of benzene rings is 1. The zero-order valence-electron chi connectivity index (χ0n) is 17.5. The Morgan fingerprint density at radius 3 is 1.75 bits per heavy atom. The second kappa shape index (κ2) is 6.77. The van der Waals surface area contributed by atoms with E-state index in [0.717, 1.165) is 10.2 Å². The third kappa shape index (κ3) is 5.34. The van der Waals surface area contributed by atoms with Crippen molar-refractivity contribution in [2.45, 2.75) is 91.4 Å². The molecule has 24 heavy (non-hydrogen) atoms. The van der Waals surface area contributed by atoms with Crippen molar-refractivity contribution in [1.82, 2.24) is 0 Å². The number of nitrogens with zero attached hydrogens (tertiary/aromatic N) is 1. The molecule has 0 aromatic heterocycles. The fraction of sp³-hybridized carbons (Fsp3) is 0.700. The first-order chi connectivity index (χ1) is 10.4. The Balaban J connectivity index is 3.42. The maximum absolute atomic E-state index is 6.73. The Hall–Kier alpha value is -0.323. The van der Waals surface area contributed by atoms with Gasteiger partial charge in [-0.05, 0) is 68.1 Å². The lowest BCUT2D eigenvalue weighted by Crippen LogP contribution is -2.53. The average Bonchev–Trinajstić information content (AvgIpc) is 2.31. The molecule has 0 saturated heterocycles. The van der Waals surface area contributed by atoms with Gasteiger partial charge in [0, 0.05) is 4.47 Å². The molecule has 0 aliphatic carbocycles. The summed E-state index contributed by atoms with van der Waals surface area (Å²) >= 11 is 3.69. The van der Waals surface area contributed by atoms with Gasteiger partial charge in [0.2, 0.25) is 8.32 Å². The Morgan fingerprint density at radius 1 is 0.875 bits per heavy atom. The number of halogens is 1. The highest BCUT2D eigenvalue weighted by Gasteiger charge is 2.42. The van der Waals surface area contributed by atoms with Crippen LogP contribution in [0.4, 0.5) is 5.69 Å². The lowest BCUT2D eigenvalue weighted by Gasteiger charge is -2.46. The maximum atomic E-state index is 6.73. The molecular formula is C20H36BrNOSi. The molecule has 1 aromatic rings. The molecule has 0 fully saturated rings. The van der Waals surface area contributed by atoms with E-state index >= 15 is 0 Å². The Labute approximate surface area is 159 Å². The van der Waals surface area contributed by atoms with E-state index in [9.17, 15) is 0 Å². The first-order valence-electron chi connectivity index (χ1n) is 8.75. The van der Waals surface area contributed by atoms with E-state index in [-0.39, 0.29) is 16.0 Å². The SMILES string of the molecule is CC(C)(C)c1cc(Br)cc(N(O[Si](C)(C)C(C)(C)C)C(C)(C)C)c1. The van der Waals surface area contributed by atoms with Crippen molar-refractivity contribution in [3.63, 3.8) is 0 Å². The number of hydrogen-bond donors (Lipinski definition) is 0. The summed E-state index contributed by atoms with van der Waals surface area (Å²) in [6, 6.07) is 6.63. The van der Waals surface area contributed by atoms with Crippen molar-refractivity contribution in [3.05, 3.63) is 28.2 Å². The average molecular weight is 415 g/mol. The van der Waals surface area contributed by atoms with Crippen LogP contribution in [0.1, 0.15) is 67.9 Å². The molecule has 1 rings (SSSR count). The van der Waals surface area contributed by atoms with Crippen LogP contribution in [0, 0.1) is 0 Å². The van der Waals surface area contributed by atoms with Gasteiger partial charge >= 0.3 is 0 Å². The highest BCUT2D eigenvalue weighted by molar-refractivity contribution is 9.10. The third-order valence-electron chi connectivity index (χ3n) is 4.72. The Morgan fingerprint density at radius 2 is 1.38 bits per heavy atom. The van der Waals surface area contributed by atoms with Crippen LogP contribution < -0.4 is 5.06 Å². The van der Waals surface area contributed by atoms with Crippen LogP contribution >= 0.6 is 15.9 Å². The molecule has 0 amide bonds. The van der Waals surface area contributed by atoms with Crippen LogP contribution in [-0.4, -0.2) is 13.9 Å². The Bertz CT molecular complexity index is 577. The minimum atomic E-state index is -1.93. The van der Waals surface area contributed by atoms with Crippen molar-refractivity contribution in [3.8, 4) is 0 Å². The summed E-state index contributed by atoms with van der Waals surface area (Å²) in [7, 11) is -1.93. The molecule has 0 unspecified atom stereocenters. The molecule has 0 N–H and O–H groups in total. The molecule has 2 nitrogen and oxygen atoms in total. The first-order valence-corrected chi connectivity index (χ1v) is 12.5. The van der Waals surface area contributed by atoms with E-state index in [2.05, 4.69) is 115 Å². The molecule has 0 saturated carbocycles. The van der Waals surface area contributed by atoms with E-state index in [0.29, 0.717) is 0 Å². The first kappa shape index (κ1) is 21.7. The molecule has 1 aromatic carbocycles. The predicted molar refractivity (Wildman–Crippen MR) is 113 cm³/mol. The highest BCUT2D eigenvalue weighted by Crippen LogP contribution is 2.40. The standard InChI is InChI=1S/C20H36BrNOSi/c1-18(2,3)15-12-16(21)14-17(13-15)22(19(4,5)6)23-24(10,11)20(7,8)9/h12-14H,1-11H3. The summed E-state index contributed by atoms with van der Waals surface area (Å²) in [6.45, 7) is 24.8. The Kier molecular flexibility index (Phi) is 6.13. The van der Waals surface area contributed by atoms with Crippen molar-refractivity contribution < 1.29 is 4.53 Å². The van der Waals surface area contributed by atoms with Gasteiger partial charge in [-0.25, -0.2) is 0 Å². The molecular weight excluding hydrogens is 378 g/mol. The number of hydrogen-bond acceptors (Lipinski definition) is 2. The van der Waals surface area contributed by atoms with Crippen LogP contribution in [0.25, 0.3) is 0 Å². The monoisotopic (exact) mass is 413 g/mol. The van der Waals surface area contributed by atoms with Gasteiger partial charge in [0.05, 0.1) is 11.2 Å². The van der Waals surface area contributed by atoms with E-state index in [1.807, 2.05) is 0 Å². The van der Waals surface area contributed by atoms with Crippen LogP contribution in [0.2, 0.25) is 18.1 Å². The van der Waals surface area contributed by atoms with Crippen LogP contribution in [0.15, 0.2) is 22.7 Å². The molecule has 138 valence electrons. The maximum Gasteiger partial charge on any atom is 0.228 e. The van der Waals surface area contributed by atoms with Crippen molar-refractivity contribution >= 4 is 29.9 Å². The summed E-state index contributed by atoms with van der Waals surface area (Å²) in [4.78, 5) is 0. The number of anilines is 1. The van der Waals surface area contributed by atoms with Gasteiger partial charge in [-0.1, -0.05) is 57.5 Å². The van der Waals surface area contributed by atoms with Gasteiger partial charge in [0.25, 0.3) is 0 Å². The topological polar surface area (TPSA) is 12.5 Å². The van der Waals surface area contributed by atoms with Crippen molar-refractivity contribution in [1.29, 1.82) is 0 Å². The minimum absolute atomic E-state index is 0.0963. The van der Waals surface area contributed by atoms with Gasteiger partial charge in [-0.3, -0.25) is 5.06 Å². The van der Waals surface area contributed by atoms with Crippen molar-refractivity contribution in [2.75, 3.05) is 5.06 Å². The van der Waals surface area contributed by atoms with E-state index in [1.165, 1.54) is 5.56 Å². The lowest BCUT2D eigenvalue weighted by atomic mass is 9.87. The summed E-state index contributed by atoms with van der Waals surface area (Å²) in [6.07, 6.45) is 0. The second-order valence-electron chi connectivity index (χ2n) is 10.3. The van der Waals surface area contributed by atoms with Gasteiger partial charge < -0.3 is 4.53 Å². The molecule has 0 radical (unpaired) electrons. The minimum Gasteiger partial charge on any atom is -0.319 e. The smallest absolute Gasteiger partial charge is 0.228 e. The summed E-state index contributed by atoms with van der Waals surface area (Å²) < 4.78 is 7.82. The van der Waals surface area contributed by atoms with Gasteiger partial charge in [-0.15, -0.1) is 0 Å². The second-order valence-corrected chi connectivity index (χ2v) is 15.9.